The molecule has 0 radical (unpaired) electrons. The lowest BCUT2D eigenvalue weighted by atomic mass is 9.93. The van der Waals surface area contributed by atoms with Gasteiger partial charge in [0.25, 0.3) is 5.91 Å². The van der Waals surface area contributed by atoms with Gasteiger partial charge in [0.1, 0.15) is 24.2 Å². The van der Waals surface area contributed by atoms with E-state index >= 15 is 0 Å². The summed E-state index contributed by atoms with van der Waals surface area (Å²) < 4.78 is 32.5. The maximum Gasteiger partial charge on any atom is 0.408 e. The number of amides is 2. The van der Waals surface area contributed by atoms with Gasteiger partial charge in [-0.1, -0.05) is 35.5 Å². The van der Waals surface area contributed by atoms with Crippen molar-refractivity contribution < 1.29 is 28.0 Å². The van der Waals surface area contributed by atoms with Crippen molar-refractivity contribution in [3.63, 3.8) is 0 Å². The number of nitrogens with zero attached hydrogens (tertiary/aromatic N) is 6. The van der Waals surface area contributed by atoms with Crippen LogP contribution in [0, 0.1) is 24.6 Å². The Balaban J connectivity index is 0.985. The van der Waals surface area contributed by atoms with E-state index in [1.54, 1.807) is 24.4 Å². The van der Waals surface area contributed by atoms with Crippen LogP contribution in [-0.2, 0) is 16.9 Å². The molecule has 8 rings (SSSR count). The number of halogens is 1. The molecule has 1 unspecified atom stereocenters. The predicted molar refractivity (Wildman–Crippen MR) is 183 cm³/mol. The number of pyridine rings is 2. The summed E-state index contributed by atoms with van der Waals surface area (Å²) >= 11 is 0. The first-order chi connectivity index (χ1) is 24.6. The van der Waals surface area contributed by atoms with Gasteiger partial charge in [-0.05, 0) is 68.3 Å². The van der Waals surface area contributed by atoms with E-state index in [1.165, 1.54) is 18.5 Å². The zero-order valence-corrected chi connectivity index (χ0v) is 28.1. The summed E-state index contributed by atoms with van der Waals surface area (Å²) in [4.78, 5) is 42.0. The number of nitrogens with one attached hydrogen (secondary N) is 1. The Morgan fingerprint density at radius 2 is 1.76 bits per heavy atom. The SMILES string of the molecule is Cc1cn2cc(C(=O)N3C[C@@H]4C(Oc5cc(C(C)(C)NC(=O)OCc6ccccc6)cc(-c6ccc(F)cc6)n5)[C@@H]4C3)cc(-c3ncon3)c2n1. The molecule has 2 amide bonds. The van der Waals surface area contributed by atoms with Gasteiger partial charge < -0.3 is 28.6 Å². The van der Waals surface area contributed by atoms with Gasteiger partial charge in [0, 0.05) is 48.9 Å². The summed E-state index contributed by atoms with van der Waals surface area (Å²) in [5, 5.41) is 6.92. The number of aryl methyl sites for hydroxylation is 1. The minimum Gasteiger partial charge on any atom is -0.474 e. The van der Waals surface area contributed by atoms with Crippen LogP contribution in [0.25, 0.3) is 28.3 Å². The molecule has 1 aliphatic carbocycles. The highest BCUT2D eigenvalue weighted by molar-refractivity contribution is 5.96. The zero-order valence-electron chi connectivity index (χ0n) is 28.1. The Hall–Kier alpha value is -6.11. The number of aromatic nitrogens is 5. The number of likely N-dealkylation sites (tertiary alicyclic amines) is 1. The molecule has 12 nitrogen and oxygen atoms in total. The number of hydrogen-bond donors (Lipinski definition) is 1. The highest BCUT2D eigenvalue weighted by atomic mass is 19.1. The molecule has 0 bridgehead atoms. The number of carbonyl (C=O) groups excluding carboxylic acids is 2. The lowest BCUT2D eigenvalue weighted by Crippen LogP contribution is -2.41. The summed E-state index contributed by atoms with van der Waals surface area (Å²) in [6, 6.07) is 20.9. The second-order valence-electron chi connectivity index (χ2n) is 13.5. The van der Waals surface area contributed by atoms with Crippen LogP contribution in [0.2, 0.25) is 0 Å². The molecule has 1 N–H and O–H groups in total. The van der Waals surface area contributed by atoms with Crippen LogP contribution in [0.1, 0.15) is 41.0 Å². The van der Waals surface area contributed by atoms with E-state index in [1.807, 2.05) is 78.7 Å². The molecule has 2 aliphatic rings. The largest absolute Gasteiger partial charge is 0.474 e. The Labute approximate surface area is 292 Å². The van der Waals surface area contributed by atoms with E-state index in [0.29, 0.717) is 52.8 Å². The molecular formula is C38H34FN7O5. The second kappa shape index (κ2) is 12.7. The van der Waals surface area contributed by atoms with Crippen molar-refractivity contribution in [2.24, 2.45) is 11.8 Å². The molecule has 258 valence electrons. The fourth-order valence-electron chi connectivity index (χ4n) is 6.71. The maximum atomic E-state index is 13.8. The van der Waals surface area contributed by atoms with Crippen molar-refractivity contribution in [3.05, 3.63) is 120 Å². The molecular weight excluding hydrogens is 653 g/mol. The Kier molecular flexibility index (Phi) is 7.97. The van der Waals surface area contributed by atoms with Gasteiger partial charge in [0.05, 0.1) is 28.1 Å². The van der Waals surface area contributed by atoms with Crippen LogP contribution < -0.4 is 10.1 Å². The maximum absolute atomic E-state index is 13.8. The number of hydrogen-bond acceptors (Lipinski definition) is 9. The quantitative estimate of drug-likeness (QED) is 0.188. The summed E-state index contributed by atoms with van der Waals surface area (Å²) in [7, 11) is 0. The topological polar surface area (TPSA) is 137 Å². The third-order valence-corrected chi connectivity index (χ3v) is 9.47. The standard InChI is InChI=1S/C38H34FN7O5/c1-22-16-45-17-25(13-28(35(45)41-22)34-40-21-50-44-34)36(47)46-18-29-30(19-46)33(29)51-32-15-26(14-31(42-32)24-9-11-27(39)12-10-24)38(2,3)43-37(48)49-20-23-7-5-4-6-8-23/h4-17,21,29-30,33H,18-20H2,1-3H3,(H,43,48)/t29-,30+,33?. The lowest BCUT2D eigenvalue weighted by Gasteiger charge is -2.27. The van der Waals surface area contributed by atoms with Crippen LogP contribution in [-0.4, -0.2) is 60.6 Å². The van der Waals surface area contributed by atoms with Gasteiger partial charge in [-0.2, -0.15) is 4.98 Å². The zero-order chi connectivity index (χ0) is 35.3. The van der Waals surface area contributed by atoms with E-state index in [0.717, 1.165) is 16.8 Å². The smallest absolute Gasteiger partial charge is 0.408 e. The Morgan fingerprint density at radius 1 is 1.00 bits per heavy atom. The van der Waals surface area contributed by atoms with Gasteiger partial charge in [0.15, 0.2) is 0 Å². The molecule has 5 heterocycles. The first-order valence-corrected chi connectivity index (χ1v) is 16.6. The molecule has 51 heavy (non-hydrogen) atoms. The van der Waals surface area contributed by atoms with Crippen LogP contribution in [0.15, 0.2) is 96.1 Å². The molecule has 13 heteroatoms. The third-order valence-electron chi connectivity index (χ3n) is 9.47. The summed E-state index contributed by atoms with van der Waals surface area (Å²) in [5.41, 5.74) is 4.54. The van der Waals surface area contributed by atoms with Gasteiger partial charge in [-0.15, -0.1) is 0 Å². The van der Waals surface area contributed by atoms with Gasteiger partial charge >= 0.3 is 6.09 Å². The van der Waals surface area contributed by atoms with Crippen LogP contribution in [0.5, 0.6) is 5.88 Å². The second-order valence-corrected chi connectivity index (χ2v) is 13.5. The molecule has 0 spiro atoms. The number of fused-ring (bicyclic) bond motifs is 2. The summed E-state index contributed by atoms with van der Waals surface area (Å²) in [5.74, 6) is 0.528. The fraction of sp³-hybridized carbons (Fsp3) is 0.263. The number of rotatable bonds is 9. The summed E-state index contributed by atoms with van der Waals surface area (Å²) in [6.07, 6.45) is 4.17. The number of benzene rings is 2. The number of imidazole rings is 1. The first kappa shape index (κ1) is 32.1. The van der Waals surface area contributed by atoms with Crippen LogP contribution >= 0.6 is 0 Å². The number of alkyl carbamates (subject to hydrolysis) is 1. The number of carbonyl (C=O) groups is 2. The number of ether oxygens (including phenoxy) is 2. The molecule has 4 aromatic heterocycles. The molecule has 1 saturated carbocycles. The van der Waals surface area contributed by atoms with Crippen molar-refractivity contribution >= 4 is 17.6 Å². The fourth-order valence-corrected chi connectivity index (χ4v) is 6.71. The Bertz CT molecular complexity index is 2230. The van der Waals surface area contributed by atoms with E-state index < -0.39 is 11.6 Å². The molecule has 3 atom stereocenters. The monoisotopic (exact) mass is 687 g/mol. The first-order valence-electron chi connectivity index (χ1n) is 16.6. The van der Waals surface area contributed by atoms with Gasteiger partial charge in [-0.25, -0.2) is 19.2 Å². The third kappa shape index (κ3) is 6.50. The van der Waals surface area contributed by atoms with Gasteiger partial charge in [0.2, 0.25) is 18.1 Å². The minimum absolute atomic E-state index is 0.107. The van der Waals surface area contributed by atoms with Crippen LogP contribution in [0.3, 0.4) is 0 Å². The Morgan fingerprint density at radius 3 is 2.49 bits per heavy atom. The van der Waals surface area contributed by atoms with E-state index in [-0.39, 0.29) is 36.3 Å². The van der Waals surface area contributed by atoms with E-state index in [4.69, 9.17) is 19.0 Å². The predicted octanol–water partition coefficient (Wildman–Crippen LogP) is 6.20. The van der Waals surface area contributed by atoms with Crippen molar-refractivity contribution in [1.29, 1.82) is 0 Å². The summed E-state index contributed by atoms with van der Waals surface area (Å²) in [6.45, 7) is 6.80. The normalized spacial score (nSPS) is 18.0. The molecule has 2 fully saturated rings. The average Bonchev–Trinajstić information content (AvgIpc) is 3.62. The average molecular weight is 688 g/mol. The van der Waals surface area contributed by atoms with Crippen molar-refractivity contribution in [1.82, 2.24) is 34.7 Å². The van der Waals surface area contributed by atoms with E-state index in [2.05, 4.69) is 20.4 Å². The molecule has 2 aromatic carbocycles. The highest BCUT2D eigenvalue weighted by Crippen LogP contribution is 2.48. The van der Waals surface area contributed by atoms with Crippen molar-refractivity contribution in [2.45, 2.75) is 39.0 Å². The lowest BCUT2D eigenvalue weighted by molar-refractivity contribution is 0.0751. The van der Waals surface area contributed by atoms with E-state index in [9.17, 15) is 14.0 Å². The molecule has 1 saturated heterocycles. The molecule has 6 aromatic rings. The van der Waals surface area contributed by atoms with Crippen molar-refractivity contribution in [3.8, 4) is 28.5 Å². The van der Waals surface area contributed by atoms with Crippen molar-refractivity contribution in [2.75, 3.05) is 13.1 Å². The number of piperidine rings is 1. The minimum atomic E-state index is -0.874. The van der Waals surface area contributed by atoms with Crippen LogP contribution in [0.4, 0.5) is 9.18 Å². The van der Waals surface area contributed by atoms with Gasteiger partial charge in [-0.3, -0.25) is 4.79 Å². The molecule has 1 aliphatic heterocycles. The highest BCUT2D eigenvalue weighted by Gasteiger charge is 2.59.